The van der Waals surface area contributed by atoms with E-state index in [1.807, 2.05) is 19.9 Å². The summed E-state index contributed by atoms with van der Waals surface area (Å²) >= 11 is 1.56. The van der Waals surface area contributed by atoms with Crippen molar-refractivity contribution in [2.24, 2.45) is 0 Å². The molecule has 3 rings (SSSR count). The quantitative estimate of drug-likeness (QED) is 0.687. The zero-order chi connectivity index (χ0) is 17.3. The van der Waals surface area contributed by atoms with Crippen LogP contribution in [-0.4, -0.2) is 27.9 Å². The number of anilines is 2. The summed E-state index contributed by atoms with van der Waals surface area (Å²) in [6, 6.07) is 7.48. The van der Waals surface area contributed by atoms with E-state index in [0.29, 0.717) is 11.6 Å². The molecule has 0 saturated carbocycles. The lowest BCUT2D eigenvalue weighted by atomic mass is 10.3. The zero-order valence-electron chi connectivity index (χ0n) is 12.9. The summed E-state index contributed by atoms with van der Waals surface area (Å²) in [5, 5.41) is 3.97. The highest BCUT2D eigenvalue weighted by Crippen LogP contribution is 2.28. The monoisotopic (exact) mass is 362 g/mol. The number of rotatable bonds is 4. The van der Waals surface area contributed by atoms with Crippen LogP contribution in [0.4, 0.5) is 11.6 Å². The molecular weight excluding hydrogens is 348 g/mol. The normalized spacial score (nSPS) is 11.5. The molecule has 0 atom stereocenters. The van der Waals surface area contributed by atoms with E-state index in [4.69, 9.17) is 4.55 Å². The molecule has 0 aliphatic carbocycles. The van der Waals surface area contributed by atoms with E-state index in [2.05, 4.69) is 20.3 Å². The molecule has 2 N–H and O–H groups in total. The summed E-state index contributed by atoms with van der Waals surface area (Å²) in [5.74, 6) is 0.387. The van der Waals surface area contributed by atoms with E-state index in [1.165, 1.54) is 24.3 Å². The molecule has 1 aromatic carbocycles. The van der Waals surface area contributed by atoms with Crippen molar-refractivity contribution in [3.05, 3.63) is 47.2 Å². The molecule has 7 nitrogen and oxygen atoms in total. The van der Waals surface area contributed by atoms with Gasteiger partial charge in [-0.25, -0.2) is 15.0 Å². The van der Waals surface area contributed by atoms with Gasteiger partial charge in [0, 0.05) is 11.9 Å². The van der Waals surface area contributed by atoms with Crippen molar-refractivity contribution < 1.29 is 13.0 Å². The number of thiazole rings is 1. The van der Waals surface area contributed by atoms with Crippen LogP contribution >= 0.6 is 11.3 Å². The highest BCUT2D eigenvalue weighted by atomic mass is 32.2. The van der Waals surface area contributed by atoms with E-state index >= 15 is 0 Å². The van der Waals surface area contributed by atoms with Crippen LogP contribution in [0.15, 0.2) is 41.4 Å². The van der Waals surface area contributed by atoms with Gasteiger partial charge in [-0.05, 0) is 44.2 Å². The van der Waals surface area contributed by atoms with Crippen molar-refractivity contribution in [3.63, 3.8) is 0 Å². The van der Waals surface area contributed by atoms with Gasteiger partial charge in [0.1, 0.15) is 0 Å². The van der Waals surface area contributed by atoms with Gasteiger partial charge >= 0.3 is 0 Å². The average molecular weight is 362 g/mol. The van der Waals surface area contributed by atoms with Crippen molar-refractivity contribution >= 4 is 33.1 Å². The molecule has 0 fully saturated rings. The van der Waals surface area contributed by atoms with Gasteiger partial charge in [0.15, 0.2) is 0 Å². The molecule has 2 aromatic heterocycles. The molecule has 0 radical (unpaired) electrons. The van der Waals surface area contributed by atoms with Crippen LogP contribution in [0.1, 0.15) is 10.7 Å². The fraction of sp³-hybridized carbons (Fsp3) is 0.133. The van der Waals surface area contributed by atoms with Crippen LogP contribution in [0.25, 0.3) is 10.6 Å². The molecule has 0 amide bonds. The van der Waals surface area contributed by atoms with E-state index in [-0.39, 0.29) is 4.90 Å². The van der Waals surface area contributed by atoms with Gasteiger partial charge in [0.25, 0.3) is 10.1 Å². The second-order valence-corrected chi connectivity index (χ2v) is 7.66. The number of hydrogen-bond acceptors (Lipinski definition) is 7. The molecule has 0 spiro atoms. The first-order valence-corrected chi connectivity index (χ1v) is 9.20. The maximum Gasteiger partial charge on any atom is 0.294 e. The lowest BCUT2D eigenvalue weighted by Crippen LogP contribution is -2.00. The van der Waals surface area contributed by atoms with Gasteiger partial charge in [-0.2, -0.15) is 8.42 Å². The molecule has 2 heterocycles. The third-order valence-corrected chi connectivity index (χ3v) is 5.16. The van der Waals surface area contributed by atoms with Crippen molar-refractivity contribution in [2.75, 3.05) is 5.32 Å². The van der Waals surface area contributed by atoms with Gasteiger partial charge in [-0.3, -0.25) is 4.55 Å². The minimum Gasteiger partial charge on any atom is -0.324 e. The highest BCUT2D eigenvalue weighted by molar-refractivity contribution is 7.85. The Labute approximate surface area is 143 Å². The van der Waals surface area contributed by atoms with Crippen LogP contribution in [0.3, 0.4) is 0 Å². The van der Waals surface area contributed by atoms with Crippen LogP contribution in [0.5, 0.6) is 0 Å². The molecule has 3 aromatic rings. The minimum absolute atomic E-state index is 0.168. The first kappa shape index (κ1) is 16.5. The maximum atomic E-state index is 11.0. The van der Waals surface area contributed by atoms with Gasteiger partial charge in [0.05, 0.1) is 26.2 Å². The lowest BCUT2D eigenvalue weighted by molar-refractivity contribution is 0.483. The summed E-state index contributed by atoms with van der Waals surface area (Å²) in [4.78, 5) is 13.8. The molecule has 9 heteroatoms. The summed E-state index contributed by atoms with van der Waals surface area (Å²) < 4.78 is 31.1. The minimum atomic E-state index is -4.20. The van der Waals surface area contributed by atoms with Crippen LogP contribution in [0.2, 0.25) is 0 Å². The van der Waals surface area contributed by atoms with Crippen molar-refractivity contribution in [2.45, 2.75) is 18.7 Å². The van der Waals surface area contributed by atoms with Gasteiger partial charge in [-0.1, -0.05) is 0 Å². The summed E-state index contributed by atoms with van der Waals surface area (Å²) in [6.07, 6.45) is 1.64. The average Bonchev–Trinajstić information content (AvgIpc) is 2.86. The molecule has 0 unspecified atom stereocenters. The Morgan fingerprint density at radius 1 is 1.08 bits per heavy atom. The Kier molecular flexibility index (Phi) is 4.31. The van der Waals surface area contributed by atoms with Crippen LogP contribution < -0.4 is 5.32 Å². The van der Waals surface area contributed by atoms with Gasteiger partial charge < -0.3 is 5.32 Å². The number of hydrogen-bond donors (Lipinski definition) is 2. The Balaban J connectivity index is 1.86. The number of aromatic nitrogens is 3. The maximum absolute atomic E-state index is 11.0. The molecule has 0 aliphatic rings. The predicted octanol–water partition coefficient (Wildman–Crippen LogP) is 3.21. The second-order valence-electron chi connectivity index (χ2n) is 5.04. The lowest BCUT2D eigenvalue weighted by Gasteiger charge is -2.06. The van der Waals surface area contributed by atoms with E-state index in [9.17, 15) is 8.42 Å². The van der Waals surface area contributed by atoms with Gasteiger partial charge in [0.2, 0.25) is 5.95 Å². The highest BCUT2D eigenvalue weighted by Gasteiger charge is 2.11. The van der Waals surface area contributed by atoms with E-state index in [1.54, 1.807) is 17.5 Å². The number of benzene rings is 1. The number of nitrogens with one attached hydrogen (secondary N) is 1. The van der Waals surface area contributed by atoms with Crippen molar-refractivity contribution in [1.82, 2.24) is 15.0 Å². The topological polar surface area (TPSA) is 105 Å². The van der Waals surface area contributed by atoms with E-state index in [0.717, 1.165) is 21.3 Å². The molecule has 0 bridgehead atoms. The Morgan fingerprint density at radius 2 is 1.79 bits per heavy atom. The third-order valence-electron chi connectivity index (χ3n) is 3.20. The summed E-state index contributed by atoms with van der Waals surface area (Å²) in [7, 11) is -4.20. The summed E-state index contributed by atoms with van der Waals surface area (Å²) in [6.45, 7) is 3.88. The largest absolute Gasteiger partial charge is 0.324 e. The molecule has 124 valence electrons. The number of aryl methyl sites for hydroxylation is 2. The third kappa shape index (κ3) is 3.58. The first-order chi connectivity index (χ1) is 11.3. The van der Waals surface area contributed by atoms with Crippen LogP contribution in [0, 0.1) is 13.8 Å². The van der Waals surface area contributed by atoms with Gasteiger partial charge in [-0.15, -0.1) is 11.3 Å². The fourth-order valence-electron chi connectivity index (χ4n) is 2.15. The molecule has 0 aliphatic heterocycles. The molecule has 0 saturated heterocycles. The summed E-state index contributed by atoms with van der Waals surface area (Å²) in [5.41, 5.74) is 2.29. The van der Waals surface area contributed by atoms with Crippen molar-refractivity contribution in [1.29, 1.82) is 0 Å². The Bertz CT molecular complexity index is 982. The van der Waals surface area contributed by atoms with Crippen LogP contribution in [-0.2, 0) is 10.1 Å². The standard InChI is InChI=1S/C15H14N4O3S2/c1-9-14(23-10(2)17-9)13-7-8-16-15(19-13)18-11-3-5-12(6-4-11)24(20,21)22/h3-8H,1-2H3,(H,16,18,19)(H,20,21,22). The van der Waals surface area contributed by atoms with Crippen molar-refractivity contribution in [3.8, 4) is 10.6 Å². The smallest absolute Gasteiger partial charge is 0.294 e. The Hall–Kier alpha value is -2.36. The molecular formula is C15H14N4O3S2. The number of nitrogens with zero attached hydrogens (tertiary/aromatic N) is 3. The SMILES string of the molecule is Cc1nc(C)c(-c2ccnc(Nc3ccc(S(=O)(=O)O)cc3)n2)s1. The molecule has 24 heavy (non-hydrogen) atoms. The van der Waals surface area contributed by atoms with E-state index < -0.39 is 10.1 Å². The fourth-order valence-corrected chi connectivity index (χ4v) is 3.52. The zero-order valence-corrected chi connectivity index (χ0v) is 14.5. The Morgan fingerprint density at radius 3 is 2.38 bits per heavy atom. The predicted molar refractivity (Wildman–Crippen MR) is 92.2 cm³/mol. The first-order valence-electron chi connectivity index (χ1n) is 6.95. The second kappa shape index (κ2) is 6.27.